The molecular formula is C16H21N6O4P. The SMILES string of the molecule is Nc1nc(N)c2ncn(CC(CO)CC(c3ccccc3)P(=O)(O)O)c2n1. The fourth-order valence-corrected chi connectivity index (χ4v) is 4.19. The van der Waals surface area contributed by atoms with E-state index in [9.17, 15) is 19.5 Å². The van der Waals surface area contributed by atoms with Gasteiger partial charge in [-0.25, -0.2) is 4.98 Å². The normalized spacial score (nSPS) is 14.3. The van der Waals surface area contributed by atoms with Crippen LogP contribution >= 0.6 is 7.60 Å². The van der Waals surface area contributed by atoms with Crippen molar-refractivity contribution in [1.82, 2.24) is 19.5 Å². The highest BCUT2D eigenvalue weighted by molar-refractivity contribution is 7.52. The fraction of sp³-hybridized carbons (Fsp3) is 0.312. The van der Waals surface area contributed by atoms with Crippen LogP contribution < -0.4 is 11.5 Å². The van der Waals surface area contributed by atoms with Crippen LogP contribution in [0.4, 0.5) is 11.8 Å². The van der Waals surface area contributed by atoms with Crippen molar-refractivity contribution >= 4 is 30.5 Å². The van der Waals surface area contributed by atoms with Crippen molar-refractivity contribution in [3.05, 3.63) is 42.2 Å². The zero-order valence-electron chi connectivity index (χ0n) is 14.4. The number of hydrogen-bond donors (Lipinski definition) is 5. The molecule has 2 unspecified atom stereocenters. The van der Waals surface area contributed by atoms with Crippen LogP contribution in [0.1, 0.15) is 17.6 Å². The summed E-state index contributed by atoms with van der Waals surface area (Å²) in [4.78, 5) is 31.7. The highest BCUT2D eigenvalue weighted by Crippen LogP contribution is 2.54. The summed E-state index contributed by atoms with van der Waals surface area (Å²) in [5.74, 6) is -0.300. The molecule has 2 heterocycles. The summed E-state index contributed by atoms with van der Waals surface area (Å²) in [5, 5.41) is 9.80. The maximum atomic E-state index is 12.0. The van der Waals surface area contributed by atoms with Crippen molar-refractivity contribution in [2.24, 2.45) is 5.92 Å². The predicted molar refractivity (Wildman–Crippen MR) is 101 cm³/mol. The van der Waals surface area contributed by atoms with Crippen LogP contribution in [0, 0.1) is 5.92 Å². The molecule has 1 aromatic carbocycles. The largest absolute Gasteiger partial charge is 0.396 e. The zero-order valence-corrected chi connectivity index (χ0v) is 15.3. The first-order chi connectivity index (χ1) is 12.8. The van der Waals surface area contributed by atoms with E-state index in [0.717, 1.165) is 0 Å². The Morgan fingerprint density at radius 1 is 1.15 bits per heavy atom. The Balaban J connectivity index is 1.88. The third-order valence-electron chi connectivity index (χ3n) is 4.37. The minimum absolute atomic E-state index is 0.000298. The van der Waals surface area contributed by atoms with Gasteiger partial charge >= 0.3 is 7.60 Å². The van der Waals surface area contributed by atoms with Crippen molar-refractivity contribution in [1.29, 1.82) is 0 Å². The standard InChI is InChI=1S/C16H21N6O4P/c17-14-13-15(21-16(18)20-14)22(9-19-13)7-10(8-23)6-12(27(24,25)26)11-4-2-1-3-5-11/h1-5,9-10,12,23H,6-8H2,(H2,24,25,26)(H4,17,18,20,21). The second-order valence-corrected chi connectivity index (χ2v) is 8.14. The van der Waals surface area contributed by atoms with Gasteiger partial charge in [-0.2, -0.15) is 9.97 Å². The molecule has 0 saturated carbocycles. The first-order valence-electron chi connectivity index (χ1n) is 8.24. The highest BCUT2D eigenvalue weighted by Gasteiger charge is 2.33. The van der Waals surface area contributed by atoms with Crippen molar-refractivity contribution in [2.75, 3.05) is 18.1 Å². The van der Waals surface area contributed by atoms with Gasteiger partial charge < -0.3 is 30.9 Å². The van der Waals surface area contributed by atoms with Gasteiger partial charge in [-0.05, 0) is 12.0 Å². The van der Waals surface area contributed by atoms with Crippen LogP contribution in [-0.4, -0.2) is 41.0 Å². The van der Waals surface area contributed by atoms with Crippen LogP contribution in [0.15, 0.2) is 36.7 Å². The number of imidazole rings is 1. The van der Waals surface area contributed by atoms with Gasteiger partial charge in [-0.15, -0.1) is 0 Å². The lowest BCUT2D eigenvalue weighted by molar-refractivity contribution is 0.198. The van der Waals surface area contributed by atoms with Crippen molar-refractivity contribution < 1.29 is 19.5 Å². The second kappa shape index (κ2) is 7.61. The van der Waals surface area contributed by atoms with Gasteiger partial charge in [-0.3, -0.25) is 4.57 Å². The fourth-order valence-electron chi connectivity index (χ4n) is 3.06. The lowest BCUT2D eigenvalue weighted by Gasteiger charge is -2.24. The van der Waals surface area contributed by atoms with E-state index in [1.165, 1.54) is 6.33 Å². The Morgan fingerprint density at radius 2 is 1.85 bits per heavy atom. The lowest BCUT2D eigenvalue weighted by atomic mass is 9.99. The Hall–Kier alpha value is -2.52. The minimum atomic E-state index is -4.42. The number of aromatic nitrogens is 4. The number of nitrogens with two attached hydrogens (primary N) is 2. The van der Waals surface area contributed by atoms with Gasteiger partial charge in [-0.1, -0.05) is 30.3 Å². The molecule has 2 atom stereocenters. The van der Waals surface area contributed by atoms with Crippen molar-refractivity contribution in [2.45, 2.75) is 18.6 Å². The van der Waals surface area contributed by atoms with Gasteiger partial charge in [0.1, 0.15) is 5.52 Å². The summed E-state index contributed by atoms with van der Waals surface area (Å²) in [6.45, 7) is -0.0225. The molecule has 3 aromatic rings. The third-order valence-corrected chi connectivity index (χ3v) is 5.69. The number of anilines is 2. The number of aliphatic hydroxyl groups is 1. The molecule has 10 nitrogen and oxygen atoms in total. The summed E-state index contributed by atoms with van der Waals surface area (Å²) in [5.41, 5.74) is 11.7. The van der Waals surface area contributed by atoms with Crippen LogP contribution in [-0.2, 0) is 11.1 Å². The number of benzene rings is 1. The second-order valence-electron chi connectivity index (χ2n) is 6.34. The topological polar surface area (TPSA) is 173 Å². The molecule has 7 N–H and O–H groups in total. The molecule has 0 fully saturated rings. The summed E-state index contributed by atoms with van der Waals surface area (Å²) in [6, 6.07) is 8.55. The molecule has 3 rings (SSSR count). The number of aliphatic hydroxyl groups excluding tert-OH is 1. The van der Waals surface area contributed by atoms with Crippen LogP contribution in [0.2, 0.25) is 0 Å². The summed E-state index contributed by atoms with van der Waals surface area (Å²) < 4.78 is 13.7. The first kappa shape index (κ1) is 19.2. The van der Waals surface area contributed by atoms with E-state index in [0.29, 0.717) is 16.7 Å². The van der Waals surface area contributed by atoms with Gasteiger partial charge in [0.25, 0.3) is 0 Å². The molecule has 27 heavy (non-hydrogen) atoms. The van der Waals surface area contributed by atoms with Crippen molar-refractivity contribution in [3.8, 4) is 0 Å². The average molecular weight is 392 g/mol. The summed E-state index contributed by atoms with van der Waals surface area (Å²) in [7, 11) is -4.42. The molecule has 0 amide bonds. The number of fused-ring (bicyclic) bond motifs is 1. The van der Waals surface area contributed by atoms with Gasteiger partial charge in [0.05, 0.1) is 12.0 Å². The van der Waals surface area contributed by atoms with E-state index in [2.05, 4.69) is 15.0 Å². The quantitative estimate of drug-likeness (QED) is 0.366. The molecule has 0 aliphatic carbocycles. The summed E-state index contributed by atoms with van der Waals surface area (Å²) >= 11 is 0. The van der Waals surface area contributed by atoms with E-state index in [4.69, 9.17) is 11.5 Å². The molecule has 0 bridgehead atoms. The molecule has 0 saturated heterocycles. The first-order valence-corrected chi connectivity index (χ1v) is 9.92. The van der Waals surface area contributed by atoms with Crippen LogP contribution in [0.3, 0.4) is 0 Å². The van der Waals surface area contributed by atoms with Crippen molar-refractivity contribution in [3.63, 3.8) is 0 Å². The number of nitrogens with zero attached hydrogens (tertiary/aromatic N) is 4. The molecule has 0 radical (unpaired) electrons. The Labute approximate surface area is 155 Å². The average Bonchev–Trinajstić information content (AvgIpc) is 3.01. The zero-order chi connectivity index (χ0) is 19.6. The molecule has 0 aliphatic heterocycles. The lowest BCUT2D eigenvalue weighted by Crippen LogP contribution is -2.18. The number of nitrogen functional groups attached to an aromatic ring is 2. The number of hydrogen-bond acceptors (Lipinski definition) is 7. The number of rotatable bonds is 7. The van der Waals surface area contributed by atoms with Crippen LogP contribution in [0.5, 0.6) is 0 Å². The van der Waals surface area contributed by atoms with Crippen LogP contribution in [0.25, 0.3) is 11.2 Å². The molecule has 2 aromatic heterocycles. The third kappa shape index (κ3) is 4.25. The Morgan fingerprint density at radius 3 is 2.48 bits per heavy atom. The van der Waals surface area contributed by atoms with Gasteiger partial charge in [0, 0.05) is 19.1 Å². The molecule has 144 valence electrons. The monoisotopic (exact) mass is 392 g/mol. The van der Waals surface area contributed by atoms with Gasteiger partial charge in [0.15, 0.2) is 11.5 Å². The molecule has 0 spiro atoms. The predicted octanol–water partition coefficient (Wildman–Crippen LogP) is 0.908. The maximum Gasteiger partial charge on any atom is 0.332 e. The Bertz CT molecular complexity index is 974. The highest BCUT2D eigenvalue weighted by atomic mass is 31.2. The van der Waals surface area contributed by atoms with E-state index >= 15 is 0 Å². The minimum Gasteiger partial charge on any atom is -0.396 e. The molecule has 0 aliphatic rings. The molecule has 11 heteroatoms. The van der Waals surface area contributed by atoms with E-state index in [1.807, 2.05) is 0 Å². The smallest absolute Gasteiger partial charge is 0.332 e. The van der Waals surface area contributed by atoms with E-state index in [-0.39, 0.29) is 31.3 Å². The maximum absolute atomic E-state index is 12.0. The molecular weight excluding hydrogens is 371 g/mol. The van der Waals surface area contributed by atoms with E-state index in [1.54, 1.807) is 34.9 Å². The van der Waals surface area contributed by atoms with E-state index < -0.39 is 19.2 Å². The summed E-state index contributed by atoms with van der Waals surface area (Å²) in [6.07, 6.45) is 1.58. The van der Waals surface area contributed by atoms with Gasteiger partial charge in [0.2, 0.25) is 5.95 Å². The Kier molecular flexibility index (Phi) is 5.43.